The van der Waals surface area contributed by atoms with E-state index in [9.17, 15) is 4.79 Å². The third-order valence-electron chi connectivity index (χ3n) is 3.17. The number of rotatable bonds is 5. The highest BCUT2D eigenvalue weighted by Crippen LogP contribution is 2.17. The second-order valence-electron chi connectivity index (χ2n) is 4.77. The number of nitrogens with zero attached hydrogens (tertiary/aromatic N) is 6. The fourth-order valence-corrected chi connectivity index (χ4v) is 2.22. The van der Waals surface area contributed by atoms with Crippen molar-refractivity contribution in [3.63, 3.8) is 0 Å². The van der Waals surface area contributed by atoms with Gasteiger partial charge in [-0.2, -0.15) is 5.26 Å². The Hall–Kier alpha value is -3.47. The second kappa shape index (κ2) is 6.11. The number of para-hydroxylation sites is 2. The van der Waals surface area contributed by atoms with E-state index in [0.717, 1.165) is 11.0 Å². The minimum atomic E-state index is -0.985. The number of aromatic nitrogens is 5. The van der Waals surface area contributed by atoms with Crippen LogP contribution in [-0.4, -0.2) is 35.6 Å². The van der Waals surface area contributed by atoms with E-state index in [1.54, 1.807) is 16.7 Å². The zero-order chi connectivity index (χ0) is 16.2. The van der Waals surface area contributed by atoms with Crippen LogP contribution in [0.2, 0.25) is 0 Å². The van der Waals surface area contributed by atoms with Gasteiger partial charge in [0.15, 0.2) is 0 Å². The van der Waals surface area contributed by atoms with Crippen LogP contribution < -0.4 is 0 Å². The van der Waals surface area contributed by atoms with Crippen molar-refractivity contribution in [1.29, 1.82) is 5.26 Å². The Balaban J connectivity index is 1.91. The molecule has 114 valence electrons. The molecule has 0 radical (unpaired) electrons. The SMILES string of the molecule is N#CCn1c(/C=C/c2cn(CC(=O)O)nn2)nc2ccccc21. The number of carboxylic acids is 1. The van der Waals surface area contributed by atoms with Gasteiger partial charge in [-0.25, -0.2) is 9.67 Å². The molecule has 0 atom stereocenters. The predicted octanol–water partition coefficient (Wildman–Crippen LogP) is 1.41. The zero-order valence-corrected chi connectivity index (χ0v) is 12.0. The van der Waals surface area contributed by atoms with E-state index in [0.29, 0.717) is 11.5 Å². The summed E-state index contributed by atoms with van der Waals surface area (Å²) in [6.45, 7) is -0.0559. The first-order valence-electron chi connectivity index (χ1n) is 6.79. The van der Waals surface area contributed by atoms with E-state index < -0.39 is 5.97 Å². The molecule has 2 heterocycles. The van der Waals surface area contributed by atoms with Crippen molar-refractivity contribution in [1.82, 2.24) is 24.5 Å². The molecule has 1 N–H and O–H groups in total. The average Bonchev–Trinajstić information content (AvgIpc) is 3.10. The summed E-state index contributed by atoms with van der Waals surface area (Å²) in [6.07, 6.45) is 4.94. The molecule has 1 aromatic carbocycles. The first-order chi connectivity index (χ1) is 11.2. The first-order valence-corrected chi connectivity index (χ1v) is 6.79. The van der Waals surface area contributed by atoms with Crippen LogP contribution in [0.5, 0.6) is 0 Å². The summed E-state index contributed by atoms with van der Waals surface area (Å²) < 4.78 is 3.04. The van der Waals surface area contributed by atoms with Crippen LogP contribution in [0.15, 0.2) is 30.5 Å². The average molecular weight is 308 g/mol. The number of hydrogen-bond donors (Lipinski definition) is 1. The molecule has 23 heavy (non-hydrogen) atoms. The normalized spacial score (nSPS) is 11.1. The molecule has 8 nitrogen and oxygen atoms in total. The Labute approximate surface area is 130 Å². The Morgan fingerprint density at radius 3 is 2.96 bits per heavy atom. The largest absolute Gasteiger partial charge is 0.480 e. The van der Waals surface area contributed by atoms with Gasteiger partial charge in [-0.1, -0.05) is 17.3 Å². The Morgan fingerprint density at radius 1 is 1.35 bits per heavy atom. The minimum Gasteiger partial charge on any atom is -0.480 e. The summed E-state index contributed by atoms with van der Waals surface area (Å²) in [5.74, 6) is -0.359. The van der Waals surface area contributed by atoms with Crippen molar-refractivity contribution < 1.29 is 9.90 Å². The molecule has 0 fully saturated rings. The fourth-order valence-electron chi connectivity index (χ4n) is 2.22. The van der Waals surface area contributed by atoms with Gasteiger partial charge in [-0.3, -0.25) is 4.79 Å². The highest BCUT2D eigenvalue weighted by atomic mass is 16.4. The van der Waals surface area contributed by atoms with Gasteiger partial charge in [0.05, 0.1) is 23.3 Å². The molecule has 0 aliphatic carbocycles. The van der Waals surface area contributed by atoms with Gasteiger partial charge in [0.2, 0.25) is 0 Å². The summed E-state index contributed by atoms with van der Waals surface area (Å²) in [7, 11) is 0. The van der Waals surface area contributed by atoms with Crippen molar-refractivity contribution in [2.45, 2.75) is 13.1 Å². The van der Waals surface area contributed by atoms with Crippen LogP contribution in [0.3, 0.4) is 0 Å². The topological polar surface area (TPSA) is 110 Å². The second-order valence-corrected chi connectivity index (χ2v) is 4.77. The Morgan fingerprint density at radius 2 is 2.17 bits per heavy atom. The molecule has 0 spiro atoms. The van der Waals surface area contributed by atoms with Crippen molar-refractivity contribution >= 4 is 29.2 Å². The van der Waals surface area contributed by atoms with Gasteiger partial charge >= 0.3 is 5.97 Å². The summed E-state index contributed by atoms with van der Waals surface area (Å²) >= 11 is 0. The van der Waals surface area contributed by atoms with E-state index in [4.69, 9.17) is 10.4 Å². The number of carbonyl (C=O) groups is 1. The first kappa shape index (κ1) is 14.5. The number of aliphatic carboxylic acids is 1. The maximum absolute atomic E-state index is 10.6. The number of benzene rings is 1. The number of carboxylic acid groups (broad SMARTS) is 1. The lowest BCUT2D eigenvalue weighted by molar-refractivity contribution is -0.137. The molecule has 2 aromatic heterocycles. The molecular weight excluding hydrogens is 296 g/mol. The van der Waals surface area contributed by atoms with E-state index in [1.807, 2.05) is 24.3 Å². The molecule has 0 aliphatic heterocycles. The molecule has 8 heteroatoms. The van der Waals surface area contributed by atoms with Crippen LogP contribution in [0.25, 0.3) is 23.2 Å². The van der Waals surface area contributed by atoms with Crippen molar-refractivity contribution in [2.75, 3.05) is 0 Å². The van der Waals surface area contributed by atoms with E-state index in [1.165, 1.54) is 10.9 Å². The monoisotopic (exact) mass is 308 g/mol. The molecule has 0 saturated carbocycles. The molecule has 0 unspecified atom stereocenters. The van der Waals surface area contributed by atoms with Crippen LogP contribution in [0, 0.1) is 11.3 Å². The maximum Gasteiger partial charge on any atom is 0.325 e. The molecule has 0 amide bonds. The number of fused-ring (bicyclic) bond motifs is 1. The lowest BCUT2D eigenvalue weighted by atomic mass is 10.3. The van der Waals surface area contributed by atoms with E-state index in [-0.39, 0.29) is 13.1 Å². The number of nitriles is 1. The smallest absolute Gasteiger partial charge is 0.325 e. The number of hydrogen-bond acceptors (Lipinski definition) is 5. The van der Waals surface area contributed by atoms with E-state index in [2.05, 4.69) is 21.4 Å². The van der Waals surface area contributed by atoms with Gasteiger partial charge in [0.1, 0.15) is 24.6 Å². The lowest BCUT2D eigenvalue weighted by Crippen LogP contribution is -2.08. The van der Waals surface area contributed by atoms with Crippen LogP contribution in [0.4, 0.5) is 0 Å². The maximum atomic E-state index is 10.6. The quantitative estimate of drug-likeness (QED) is 0.763. The highest BCUT2D eigenvalue weighted by Gasteiger charge is 2.08. The zero-order valence-electron chi connectivity index (χ0n) is 12.0. The molecule has 0 saturated heterocycles. The predicted molar refractivity (Wildman–Crippen MR) is 81.9 cm³/mol. The van der Waals surface area contributed by atoms with Gasteiger partial charge in [0, 0.05) is 0 Å². The highest BCUT2D eigenvalue weighted by molar-refractivity contribution is 5.79. The van der Waals surface area contributed by atoms with Crippen LogP contribution in [-0.2, 0) is 17.9 Å². The molecule has 0 bridgehead atoms. The van der Waals surface area contributed by atoms with Crippen molar-refractivity contribution in [2.24, 2.45) is 0 Å². The van der Waals surface area contributed by atoms with Crippen molar-refractivity contribution in [3.05, 3.63) is 42.0 Å². The summed E-state index contributed by atoms with van der Waals surface area (Å²) in [5, 5.41) is 25.3. The Bertz CT molecular complexity index is 931. The van der Waals surface area contributed by atoms with E-state index >= 15 is 0 Å². The molecule has 0 aliphatic rings. The fraction of sp³-hybridized carbons (Fsp3) is 0.133. The number of imidazole rings is 1. The van der Waals surface area contributed by atoms with Crippen LogP contribution >= 0.6 is 0 Å². The molecular formula is C15H12N6O2. The van der Waals surface area contributed by atoms with Crippen LogP contribution in [0.1, 0.15) is 11.5 Å². The molecule has 3 rings (SSSR count). The molecule has 3 aromatic rings. The minimum absolute atomic E-state index is 0.186. The van der Waals surface area contributed by atoms with Gasteiger partial charge in [-0.15, -0.1) is 5.10 Å². The standard InChI is InChI=1S/C15H12N6O2/c16-7-8-21-13-4-2-1-3-12(13)17-14(21)6-5-11-9-20(19-18-11)10-15(22)23/h1-6,9H,8,10H2,(H,22,23)/b6-5+. The van der Waals surface area contributed by atoms with Gasteiger partial charge in [-0.05, 0) is 24.3 Å². The van der Waals surface area contributed by atoms with Crippen molar-refractivity contribution in [3.8, 4) is 6.07 Å². The van der Waals surface area contributed by atoms with Gasteiger partial charge < -0.3 is 9.67 Å². The Kier molecular flexibility index (Phi) is 3.84. The van der Waals surface area contributed by atoms with Gasteiger partial charge in [0.25, 0.3) is 0 Å². The summed E-state index contributed by atoms with van der Waals surface area (Å²) in [4.78, 5) is 15.1. The summed E-state index contributed by atoms with van der Waals surface area (Å²) in [5.41, 5.74) is 2.20. The third kappa shape index (κ3) is 3.08. The summed E-state index contributed by atoms with van der Waals surface area (Å²) in [6, 6.07) is 9.68. The third-order valence-corrected chi connectivity index (χ3v) is 3.17. The lowest BCUT2D eigenvalue weighted by Gasteiger charge is -1.99.